The molecule has 1 rings (SSSR count). The first-order chi connectivity index (χ1) is 7.45. The van der Waals surface area contributed by atoms with Crippen molar-refractivity contribution in [3.05, 3.63) is 11.1 Å². The third-order valence-corrected chi connectivity index (χ3v) is 4.77. The predicted molar refractivity (Wildman–Crippen MR) is 67.4 cm³/mol. The number of thiazole rings is 1. The summed E-state index contributed by atoms with van der Waals surface area (Å²) in [6, 6.07) is 0. The lowest BCUT2D eigenvalue weighted by molar-refractivity contribution is 0.579. The molecule has 0 aromatic carbocycles. The highest BCUT2D eigenvalue weighted by Crippen LogP contribution is 2.17. The van der Waals surface area contributed by atoms with Gasteiger partial charge in [0.1, 0.15) is 0 Å². The van der Waals surface area contributed by atoms with E-state index in [2.05, 4.69) is 15.0 Å². The maximum atomic E-state index is 11.8. The van der Waals surface area contributed by atoms with Gasteiger partial charge < -0.3 is 5.32 Å². The molecule has 0 aliphatic heterocycles. The number of anilines is 1. The van der Waals surface area contributed by atoms with Gasteiger partial charge in [0.2, 0.25) is 10.0 Å². The number of sulfonamides is 1. The minimum atomic E-state index is -3.34. The highest BCUT2D eigenvalue weighted by molar-refractivity contribution is 7.93. The Labute approximate surface area is 100 Å². The first-order valence-corrected chi connectivity index (χ1v) is 7.52. The molecule has 5 nitrogen and oxygen atoms in total. The first-order valence-electron chi connectivity index (χ1n) is 5.10. The minimum absolute atomic E-state index is 0.431. The summed E-state index contributed by atoms with van der Waals surface area (Å²) in [7, 11) is -3.34. The number of hydrogen-bond donors (Lipinski definition) is 2. The Morgan fingerprint density at radius 1 is 1.56 bits per heavy atom. The third-order valence-electron chi connectivity index (χ3n) is 2.06. The topological polar surface area (TPSA) is 71.1 Å². The van der Waals surface area contributed by atoms with E-state index in [1.165, 1.54) is 11.3 Å². The molecule has 92 valence electrons. The van der Waals surface area contributed by atoms with E-state index in [0.717, 1.165) is 12.2 Å². The fourth-order valence-electron chi connectivity index (χ4n) is 1.08. The smallest absolute Gasteiger partial charge is 0.238 e. The van der Waals surface area contributed by atoms with Crippen molar-refractivity contribution in [2.75, 3.05) is 17.8 Å². The number of aryl methyl sites for hydroxylation is 1. The second-order valence-corrected chi connectivity index (χ2v) is 6.52. The standard InChI is InChI=1S/C9H17N3O2S2/c1-4-10-5-8(3)16(13,14)12-9-11-7(2)6-15-9/h6,8,10H,4-5H2,1-3H3,(H,11,12). The number of rotatable bonds is 6. The van der Waals surface area contributed by atoms with Crippen LogP contribution in [-0.2, 0) is 10.0 Å². The minimum Gasteiger partial charge on any atom is -0.316 e. The molecule has 0 fully saturated rings. The molecular formula is C9H17N3O2S2. The van der Waals surface area contributed by atoms with Crippen molar-refractivity contribution in [2.24, 2.45) is 0 Å². The molecule has 0 saturated carbocycles. The van der Waals surface area contributed by atoms with E-state index in [1.54, 1.807) is 6.92 Å². The van der Waals surface area contributed by atoms with Gasteiger partial charge in [-0.1, -0.05) is 6.92 Å². The van der Waals surface area contributed by atoms with Crippen molar-refractivity contribution >= 4 is 26.5 Å². The van der Waals surface area contributed by atoms with Gasteiger partial charge in [-0.3, -0.25) is 4.72 Å². The van der Waals surface area contributed by atoms with Gasteiger partial charge in [-0.15, -0.1) is 11.3 Å². The molecule has 1 heterocycles. The third kappa shape index (κ3) is 3.73. The molecule has 1 unspecified atom stereocenters. The Bertz CT molecular complexity index is 428. The van der Waals surface area contributed by atoms with E-state index >= 15 is 0 Å². The molecule has 0 radical (unpaired) electrons. The van der Waals surface area contributed by atoms with E-state index in [-0.39, 0.29) is 0 Å². The lowest BCUT2D eigenvalue weighted by atomic mass is 10.5. The van der Waals surface area contributed by atoms with Crippen LogP contribution in [0.25, 0.3) is 0 Å². The maximum Gasteiger partial charge on any atom is 0.238 e. The Hall–Kier alpha value is -0.660. The molecule has 1 aromatic heterocycles. The normalized spacial score (nSPS) is 13.7. The molecular weight excluding hydrogens is 246 g/mol. The van der Waals surface area contributed by atoms with Crippen LogP contribution < -0.4 is 10.0 Å². The molecule has 1 aromatic rings. The average Bonchev–Trinajstić information content (AvgIpc) is 2.59. The van der Waals surface area contributed by atoms with E-state index in [4.69, 9.17) is 0 Å². The predicted octanol–water partition coefficient (Wildman–Crippen LogP) is 1.19. The second kappa shape index (κ2) is 5.60. The van der Waals surface area contributed by atoms with Crippen LogP contribution in [0.5, 0.6) is 0 Å². The van der Waals surface area contributed by atoms with E-state index in [1.807, 2.05) is 19.2 Å². The van der Waals surface area contributed by atoms with Gasteiger partial charge in [-0.25, -0.2) is 13.4 Å². The summed E-state index contributed by atoms with van der Waals surface area (Å²) in [4.78, 5) is 4.07. The van der Waals surface area contributed by atoms with E-state index in [9.17, 15) is 8.42 Å². The SMILES string of the molecule is CCNCC(C)S(=O)(=O)Nc1nc(C)cs1. The number of aromatic nitrogens is 1. The Balaban J connectivity index is 2.64. The van der Waals surface area contributed by atoms with Crippen molar-refractivity contribution in [1.29, 1.82) is 0 Å². The van der Waals surface area contributed by atoms with Crippen LogP contribution in [0.15, 0.2) is 5.38 Å². The van der Waals surface area contributed by atoms with Crippen LogP contribution in [0.1, 0.15) is 19.5 Å². The fourth-order valence-corrected chi connectivity index (χ4v) is 2.98. The van der Waals surface area contributed by atoms with Crippen LogP contribution in [-0.4, -0.2) is 31.7 Å². The lowest BCUT2D eigenvalue weighted by Crippen LogP contribution is -2.34. The second-order valence-electron chi connectivity index (χ2n) is 3.56. The highest BCUT2D eigenvalue weighted by Gasteiger charge is 2.21. The van der Waals surface area contributed by atoms with Gasteiger partial charge in [0.25, 0.3) is 0 Å². The molecule has 0 bridgehead atoms. The molecule has 0 aliphatic carbocycles. The molecule has 2 N–H and O–H groups in total. The van der Waals surface area contributed by atoms with Crippen molar-refractivity contribution in [2.45, 2.75) is 26.0 Å². The van der Waals surface area contributed by atoms with Gasteiger partial charge in [-0.2, -0.15) is 0 Å². The quantitative estimate of drug-likeness (QED) is 0.809. The van der Waals surface area contributed by atoms with Gasteiger partial charge in [0.15, 0.2) is 5.13 Å². The zero-order valence-corrected chi connectivity index (χ0v) is 11.3. The summed E-state index contributed by atoms with van der Waals surface area (Å²) in [6.45, 7) is 6.64. The van der Waals surface area contributed by atoms with Crippen molar-refractivity contribution in [3.63, 3.8) is 0 Å². The highest BCUT2D eigenvalue weighted by atomic mass is 32.2. The molecule has 7 heteroatoms. The Morgan fingerprint density at radius 2 is 2.25 bits per heavy atom. The fraction of sp³-hybridized carbons (Fsp3) is 0.667. The summed E-state index contributed by atoms with van der Waals surface area (Å²) in [6.07, 6.45) is 0. The monoisotopic (exact) mass is 263 g/mol. The van der Waals surface area contributed by atoms with Crippen LogP contribution in [0.2, 0.25) is 0 Å². The molecule has 0 aliphatic rings. The van der Waals surface area contributed by atoms with Crippen LogP contribution in [0.4, 0.5) is 5.13 Å². The summed E-state index contributed by atoms with van der Waals surface area (Å²) in [5, 5.41) is 4.78. The molecule has 0 spiro atoms. The molecule has 0 saturated heterocycles. The van der Waals surface area contributed by atoms with Gasteiger partial charge >= 0.3 is 0 Å². The average molecular weight is 263 g/mol. The summed E-state index contributed by atoms with van der Waals surface area (Å²) in [5.41, 5.74) is 0.821. The molecule has 0 amide bonds. The molecule has 16 heavy (non-hydrogen) atoms. The van der Waals surface area contributed by atoms with Crippen LogP contribution in [0, 0.1) is 6.92 Å². The van der Waals surface area contributed by atoms with Gasteiger partial charge in [0.05, 0.1) is 10.9 Å². The Morgan fingerprint density at radius 3 is 2.75 bits per heavy atom. The summed E-state index contributed by atoms with van der Waals surface area (Å²) in [5.74, 6) is 0. The number of nitrogens with zero attached hydrogens (tertiary/aromatic N) is 1. The zero-order valence-electron chi connectivity index (χ0n) is 9.65. The van der Waals surface area contributed by atoms with E-state index < -0.39 is 15.3 Å². The summed E-state index contributed by atoms with van der Waals surface area (Å²) < 4.78 is 26.1. The summed E-state index contributed by atoms with van der Waals surface area (Å²) >= 11 is 1.30. The molecule has 1 atom stereocenters. The largest absolute Gasteiger partial charge is 0.316 e. The van der Waals surface area contributed by atoms with Crippen molar-refractivity contribution in [3.8, 4) is 0 Å². The lowest BCUT2D eigenvalue weighted by Gasteiger charge is -2.13. The van der Waals surface area contributed by atoms with Crippen LogP contribution >= 0.6 is 11.3 Å². The van der Waals surface area contributed by atoms with Crippen LogP contribution in [0.3, 0.4) is 0 Å². The van der Waals surface area contributed by atoms with Gasteiger partial charge in [-0.05, 0) is 20.4 Å². The first kappa shape index (κ1) is 13.4. The Kier molecular flexibility index (Phi) is 4.69. The van der Waals surface area contributed by atoms with Crippen molar-refractivity contribution < 1.29 is 8.42 Å². The van der Waals surface area contributed by atoms with E-state index in [0.29, 0.717) is 11.7 Å². The zero-order chi connectivity index (χ0) is 12.2. The number of hydrogen-bond acceptors (Lipinski definition) is 5. The van der Waals surface area contributed by atoms with Gasteiger partial charge in [0, 0.05) is 11.9 Å². The van der Waals surface area contributed by atoms with Crippen molar-refractivity contribution in [1.82, 2.24) is 10.3 Å². The maximum absolute atomic E-state index is 11.8. The number of nitrogens with one attached hydrogen (secondary N) is 2.